The summed E-state index contributed by atoms with van der Waals surface area (Å²) in [7, 11) is -3.57. The lowest BCUT2D eigenvalue weighted by molar-refractivity contribution is 0.0980. The molecule has 7 nitrogen and oxygen atoms in total. The van der Waals surface area contributed by atoms with E-state index < -0.39 is 21.2 Å². The van der Waals surface area contributed by atoms with Crippen molar-refractivity contribution >= 4 is 15.9 Å². The minimum absolute atomic E-state index is 0.270. The van der Waals surface area contributed by atoms with Gasteiger partial charge in [-0.15, -0.1) is 0 Å². The van der Waals surface area contributed by atoms with E-state index in [0.29, 0.717) is 24.2 Å². The minimum atomic E-state index is -3.57. The van der Waals surface area contributed by atoms with Gasteiger partial charge in [0.2, 0.25) is 10.0 Å². The summed E-state index contributed by atoms with van der Waals surface area (Å²) in [6, 6.07) is 6.57. The van der Waals surface area contributed by atoms with Gasteiger partial charge in [0.1, 0.15) is 6.33 Å². The number of nitrogens with one attached hydrogen (secondary N) is 2. The number of rotatable bonds is 4. The second-order valence-corrected chi connectivity index (χ2v) is 6.90. The van der Waals surface area contributed by atoms with Crippen molar-refractivity contribution in [2.24, 2.45) is 0 Å². The van der Waals surface area contributed by atoms with Gasteiger partial charge in [-0.25, -0.2) is 18.1 Å². The van der Waals surface area contributed by atoms with Crippen LogP contribution >= 0.6 is 0 Å². The maximum absolute atomic E-state index is 12.1. The van der Waals surface area contributed by atoms with Crippen molar-refractivity contribution in [2.45, 2.75) is 24.5 Å². The lowest BCUT2D eigenvalue weighted by atomic mass is 10.0. The summed E-state index contributed by atoms with van der Waals surface area (Å²) in [4.78, 5) is 16.1. The standard InChI is InChI=1S/C13H14N4O3S/c18-13(17-21(19,20)11-5-2-6-11)10-4-1-3-9(7-10)12-14-8-15-16-12/h1,3-4,7-8,11H,2,5-6H2,(H,17,18)(H,14,15,16). The van der Waals surface area contributed by atoms with Gasteiger partial charge in [-0.2, -0.15) is 5.10 Å². The number of carbonyl (C=O) groups excluding carboxylic acids is 1. The van der Waals surface area contributed by atoms with Gasteiger partial charge < -0.3 is 0 Å². The first-order valence-electron chi connectivity index (χ1n) is 6.58. The van der Waals surface area contributed by atoms with E-state index in [1.807, 2.05) is 0 Å². The molecule has 0 spiro atoms. The van der Waals surface area contributed by atoms with Crippen LogP contribution in [0.25, 0.3) is 11.4 Å². The Hall–Kier alpha value is -2.22. The van der Waals surface area contributed by atoms with E-state index in [1.54, 1.807) is 24.3 Å². The molecule has 2 N–H and O–H groups in total. The number of benzene rings is 1. The summed E-state index contributed by atoms with van der Waals surface area (Å²) < 4.78 is 26.0. The highest BCUT2D eigenvalue weighted by molar-refractivity contribution is 7.90. The highest BCUT2D eigenvalue weighted by Gasteiger charge is 2.32. The molecule has 1 aliphatic rings. The molecule has 1 fully saturated rings. The zero-order valence-electron chi connectivity index (χ0n) is 11.1. The third-order valence-electron chi connectivity index (χ3n) is 3.54. The summed E-state index contributed by atoms with van der Waals surface area (Å²) in [5.41, 5.74) is 0.938. The zero-order valence-corrected chi connectivity index (χ0v) is 11.9. The topological polar surface area (TPSA) is 105 Å². The van der Waals surface area contributed by atoms with Gasteiger partial charge in [0.25, 0.3) is 5.91 Å². The Morgan fingerprint density at radius 2 is 2.14 bits per heavy atom. The van der Waals surface area contributed by atoms with Crippen LogP contribution in [0.4, 0.5) is 0 Å². The fourth-order valence-corrected chi connectivity index (χ4v) is 3.60. The Morgan fingerprint density at radius 1 is 1.33 bits per heavy atom. The van der Waals surface area contributed by atoms with Crippen molar-refractivity contribution in [3.63, 3.8) is 0 Å². The molecule has 1 heterocycles. The van der Waals surface area contributed by atoms with Crippen LogP contribution in [0, 0.1) is 0 Å². The fraction of sp³-hybridized carbons (Fsp3) is 0.308. The van der Waals surface area contributed by atoms with Crippen molar-refractivity contribution < 1.29 is 13.2 Å². The Morgan fingerprint density at radius 3 is 2.76 bits per heavy atom. The Bertz CT molecular complexity index is 751. The first kappa shape index (κ1) is 13.7. The summed E-state index contributed by atoms with van der Waals surface area (Å²) in [5, 5.41) is 5.99. The van der Waals surface area contributed by atoms with Crippen LogP contribution in [-0.4, -0.2) is 34.8 Å². The number of hydrogen-bond acceptors (Lipinski definition) is 5. The Kier molecular flexibility index (Phi) is 3.46. The molecule has 1 aromatic carbocycles. The Balaban J connectivity index is 1.80. The summed E-state index contributed by atoms with van der Waals surface area (Å²) in [5.74, 6) is -0.102. The quantitative estimate of drug-likeness (QED) is 0.879. The van der Waals surface area contributed by atoms with Gasteiger partial charge in [0.15, 0.2) is 5.82 Å². The molecule has 21 heavy (non-hydrogen) atoms. The molecule has 110 valence electrons. The maximum atomic E-state index is 12.1. The molecular weight excluding hydrogens is 292 g/mol. The number of sulfonamides is 1. The molecule has 1 aromatic heterocycles. The number of H-pyrrole nitrogens is 1. The number of carbonyl (C=O) groups is 1. The van der Waals surface area contributed by atoms with Gasteiger partial charge in [0, 0.05) is 11.1 Å². The van der Waals surface area contributed by atoms with Crippen molar-refractivity contribution in [3.8, 4) is 11.4 Å². The molecule has 8 heteroatoms. The highest BCUT2D eigenvalue weighted by atomic mass is 32.2. The van der Waals surface area contributed by atoms with Crippen molar-refractivity contribution in [3.05, 3.63) is 36.2 Å². The predicted molar refractivity (Wildman–Crippen MR) is 75.8 cm³/mol. The van der Waals surface area contributed by atoms with E-state index in [2.05, 4.69) is 19.9 Å². The molecule has 0 saturated heterocycles. The van der Waals surface area contributed by atoms with Crippen molar-refractivity contribution in [2.75, 3.05) is 0 Å². The van der Waals surface area contributed by atoms with E-state index in [-0.39, 0.29) is 5.56 Å². The van der Waals surface area contributed by atoms with Gasteiger partial charge in [-0.05, 0) is 25.0 Å². The molecule has 0 radical (unpaired) electrons. The third-order valence-corrected chi connectivity index (χ3v) is 5.36. The molecule has 1 saturated carbocycles. The second-order valence-electron chi connectivity index (χ2n) is 4.94. The molecule has 0 atom stereocenters. The minimum Gasteiger partial charge on any atom is -0.268 e. The molecule has 2 aromatic rings. The van der Waals surface area contributed by atoms with Crippen molar-refractivity contribution in [1.82, 2.24) is 19.9 Å². The third kappa shape index (κ3) is 2.80. The second kappa shape index (κ2) is 5.28. The largest absolute Gasteiger partial charge is 0.268 e. The van der Waals surface area contributed by atoms with Crippen molar-refractivity contribution in [1.29, 1.82) is 0 Å². The van der Waals surface area contributed by atoms with E-state index in [1.165, 1.54) is 6.33 Å². The lowest BCUT2D eigenvalue weighted by Crippen LogP contribution is -2.41. The molecular formula is C13H14N4O3S. The molecule has 0 unspecified atom stereocenters. The molecule has 3 rings (SSSR count). The normalized spacial score (nSPS) is 15.4. The number of nitrogens with zero attached hydrogens (tertiary/aromatic N) is 2. The van der Waals surface area contributed by atoms with Crippen LogP contribution < -0.4 is 4.72 Å². The van der Waals surface area contributed by atoms with Crippen LogP contribution in [0.3, 0.4) is 0 Å². The highest BCUT2D eigenvalue weighted by Crippen LogP contribution is 2.25. The van der Waals surface area contributed by atoms with Gasteiger partial charge in [-0.1, -0.05) is 18.6 Å². The monoisotopic (exact) mass is 306 g/mol. The van der Waals surface area contributed by atoms with Crippen LogP contribution in [0.2, 0.25) is 0 Å². The first-order valence-corrected chi connectivity index (χ1v) is 8.13. The average molecular weight is 306 g/mol. The van der Waals surface area contributed by atoms with Crippen LogP contribution in [-0.2, 0) is 10.0 Å². The van der Waals surface area contributed by atoms with Gasteiger partial charge in [-0.3, -0.25) is 9.89 Å². The fourth-order valence-electron chi connectivity index (χ4n) is 2.10. The number of aromatic nitrogens is 3. The van der Waals surface area contributed by atoms with E-state index in [4.69, 9.17) is 0 Å². The SMILES string of the molecule is O=C(NS(=O)(=O)C1CCC1)c1cccc(-c2ncn[nH]2)c1. The molecule has 1 amide bonds. The number of hydrogen-bond donors (Lipinski definition) is 2. The van der Waals surface area contributed by atoms with Gasteiger partial charge >= 0.3 is 0 Å². The van der Waals surface area contributed by atoms with E-state index in [9.17, 15) is 13.2 Å². The van der Waals surface area contributed by atoms with Gasteiger partial charge in [0.05, 0.1) is 5.25 Å². The zero-order chi connectivity index (χ0) is 14.9. The van der Waals surface area contributed by atoms with E-state index >= 15 is 0 Å². The number of aromatic amines is 1. The van der Waals surface area contributed by atoms with Crippen LogP contribution in [0.5, 0.6) is 0 Å². The van der Waals surface area contributed by atoms with E-state index in [0.717, 1.165) is 6.42 Å². The smallest absolute Gasteiger partial charge is 0.264 e. The lowest BCUT2D eigenvalue weighted by Gasteiger charge is -2.25. The first-order chi connectivity index (χ1) is 10.1. The summed E-state index contributed by atoms with van der Waals surface area (Å²) in [6.45, 7) is 0. The summed E-state index contributed by atoms with van der Waals surface area (Å²) in [6.07, 6.45) is 3.48. The van der Waals surface area contributed by atoms with Crippen LogP contribution in [0.15, 0.2) is 30.6 Å². The van der Waals surface area contributed by atoms with Crippen LogP contribution in [0.1, 0.15) is 29.6 Å². The molecule has 0 bridgehead atoms. The molecule has 1 aliphatic carbocycles. The molecule has 0 aliphatic heterocycles. The number of amides is 1. The predicted octanol–water partition coefficient (Wildman–Crippen LogP) is 1.08. The Labute approximate surface area is 121 Å². The summed E-state index contributed by atoms with van der Waals surface area (Å²) >= 11 is 0. The maximum Gasteiger partial charge on any atom is 0.264 e. The average Bonchev–Trinajstić information content (AvgIpc) is 2.89.